The molecule has 0 unspecified atom stereocenters. The van der Waals surface area contributed by atoms with Crippen LogP contribution in [0.3, 0.4) is 0 Å². The van der Waals surface area contributed by atoms with Crippen LogP contribution >= 0.6 is 23.1 Å². The van der Waals surface area contributed by atoms with Gasteiger partial charge in [0.05, 0.1) is 13.2 Å². The number of nitrogens with zero attached hydrogens (tertiary/aromatic N) is 3. The van der Waals surface area contributed by atoms with Crippen molar-refractivity contribution in [1.82, 2.24) is 15.0 Å². The van der Waals surface area contributed by atoms with Crippen molar-refractivity contribution >= 4 is 44.4 Å². The Morgan fingerprint density at radius 3 is 2.53 bits per heavy atom. The van der Waals surface area contributed by atoms with Crippen molar-refractivity contribution in [2.45, 2.75) is 24.3 Å². The molecule has 0 atom stereocenters. The van der Waals surface area contributed by atoms with E-state index in [-0.39, 0.29) is 13.2 Å². The smallest absolute Gasteiger partial charge is 0.191 e. The molecule has 0 amide bonds. The SMILES string of the molecule is CCC(CO)(CO)CNc1nc(SCc2cccc(Oc3ccccc3)c2)nc2nc(N)sc12. The molecule has 0 fully saturated rings. The normalized spacial score (nSPS) is 11.6. The summed E-state index contributed by atoms with van der Waals surface area (Å²) in [6, 6.07) is 17.6. The molecule has 4 rings (SSSR count). The summed E-state index contributed by atoms with van der Waals surface area (Å²) in [4.78, 5) is 13.6. The number of aromatic nitrogens is 3. The Hall–Kier alpha value is -2.92. The lowest BCUT2D eigenvalue weighted by Crippen LogP contribution is -2.36. The van der Waals surface area contributed by atoms with Gasteiger partial charge in [-0.15, -0.1) is 0 Å². The van der Waals surface area contributed by atoms with Gasteiger partial charge in [0, 0.05) is 17.7 Å². The van der Waals surface area contributed by atoms with Crippen LogP contribution in [0.2, 0.25) is 0 Å². The minimum Gasteiger partial charge on any atom is -0.457 e. The second-order valence-corrected chi connectivity index (χ2v) is 9.91. The zero-order valence-electron chi connectivity index (χ0n) is 18.8. The summed E-state index contributed by atoms with van der Waals surface area (Å²) >= 11 is 2.79. The molecule has 0 spiro atoms. The summed E-state index contributed by atoms with van der Waals surface area (Å²) in [5, 5.41) is 23.8. The Labute approximate surface area is 206 Å². The average Bonchev–Trinajstić information content (AvgIpc) is 3.25. The number of aliphatic hydroxyl groups excluding tert-OH is 2. The van der Waals surface area contributed by atoms with E-state index in [9.17, 15) is 10.2 Å². The Morgan fingerprint density at radius 2 is 1.79 bits per heavy atom. The average molecular weight is 498 g/mol. The molecule has 34 heavy (non-hydrogen) atoms. The van der Waals surface area contributed by atoms with Gasteiger partial charge in [-0.3, -0.25) is 0 Å². The summed E-state index contributed by atoms with van der Waals surface area (Å²) in [5.41, 5.74) is 6.88. The number of hydrogen-bond acceptors (Lipinski definition) is 10. The first-order valence-electron chi connectivity index (χ1n) is 10.9. The zero-order chi connectivity index (χ0) is 24.0. The predicted molar refractivity (Wildman–Crippen MR) is 138 cm³/mol. The highest BCUT2D eigenvalue weighted by Gasteiger charge is 2.27. The van der Waals surface area contributed by atoms with Crippen LogP contribution in [0.15, 0.2) is 59.8 Å². The monoisotopic (exact) mass is 497 g/mol. The van der Waals surface area contributed by atoms with Gasteiger partial charge in [0.15, 0.2) is 21.8 Å². The first-order valence-corrected chi connectivity index (χ1v) is 12.7. The Morgan fingerprint density at radius 1 is 1.03 bits per heavy atom. The van der Waals surface area contributed by atoms with E-state index >= 15 is 0 Å². The highest BCUT2D eigenvalue weighted by Crippen LogP contribution is 2.33. The van der Waals surface area contributed by atoms with Crippen LogP contribution < -0.4 is 15.8 Å². The fraction of sp³-hybridized carbons (Fsp3) is 0.292. The van der Waals surface area contributed by atoms with Gasteiger partial charge in [-0.2, -0.15) is 0 Å². The van der Waals surface area contributed by atoms with Crippen molar-refractivity contribution < 1.29 is 14.9 Å². The maximum absolute atomic E-state index is 9.78. The first-order chi connectivity index (χ1) is 16.5. The molecular weight excluding hydrogens is 470 g/mol. The summed E-state index contributed by atoms with van der Waals surface area (Å²) in [6.45, 7) is 2.04. The number of fused-ring (bicyclic) bond motifs is 1. The summed E-state index contributed by atoms with van der Waals surface area (Å²) in [6.07, 6.45) is 0.620. The van der Waals surface area contributed by atoms with Crippen molar-refractivity contribution in [1.29, 1.82) is 0 Å². The number of thiazole rings is 1. The van der Waals surface area contributed by atoms with Crippen LogP contribution in [0.1, 0.15) is 18.9 Å². The Balaban J connectivity index is 1.51. The molecule has 178 valence electrons. The molecule has 5 N–H and O–H groups in total. The largest absolute Gasteiger partial charge is 0.457 e. The van der Waals surface area contributed by atoms with Crippen LogP contribution in [-0.4, -0.2) is 44.9 Å². The standard InChI is InChI=1S/C24H27N5O3S2/c1-2-24(14-30,15-31)13-26-20-19-21(27-22(25)34-19)29-23(28-20)33-12-16-7-6-10-18(11-16)32-17-8-4-3-5-9-17/h3-11,30-31H,2,12-15H2,1H3,(H3,25,26,27,28,29). The molecule has 2 aromatic carbocycles. The van der Waals surface area contributed by atoms with Crippen LogP contribution in [0.25, 0.3) is 10.3 Å². The molecular formula is C24H27N5O3S2. The quantitative estimate of drug-likeness (QED) is 0.174. The Kier molecular flexibility index (Phi) is 7.84. The Bertz CT molecular complexity index is 1220. The van der Waals surface area contributed by atoms with E-state index in [1.807, 2.05) is 61.5 Å². The lowest BCUT2D eigenvalue weighted by Gasteiger charge is -2.28. The number of rotatable bonds is 11. The van der Waals surface area contributed by atoms with Gasteiger partial charge in [-0.1, -0.05) is 60.4 Å². The third-order valence-electron chi connectivity index (χ3n) is 5.55. The number of hydrogen-bond donors (Lipinski definition) is 4. The maximum atomic E-state index is 9.78. The first kappa shape index (κ1) is 24.2. The summed E-state index contributed by atoms with van der Waals surface area (Å²) in [7, 11) is 0. The van der Waals surface area contributed by atoms with Gasteiger partial charge in [0.1, 0.15) is 16.2 Å². The molecule has 8 nitrogen and oxygen atoms in total. The lowest BCUT2D eigenvalue weighted by atomic mass is 9.87. The number of ether oxygens (including phenoxy) is 1. The van der Waals surface area contributed by atoms with Gasteiger partial charge in [-0.25, -0.2) is 15.0 Å². The second-order valence-electron chi connectivity index (χ2n) is 7.93. The fourth-order valence-corrected chi connectivity index (χ4v) is 4.78. The van der Waals surface area contributed by atoms with Crippen LogP contribution in [-0.2, 0) is 5.75 Å². The minimum atomic E-state index is -0.639. The van der Waals surface area contributed by atoms with E-state index in [1.54, 1.807) is 0 Å². The highest BCUT2D eigenvalue weighted by molar-refractivity contribution is 7.98. The molecule has 2 aromatic heterocycles. The van der Waals surface area contributed by atoms with Crippen LogP contribution in [0.5, 0.6) is 11.5 Å². The van der Waals surface area contributed by atoms with Gasteiger partial charge in [-0.05, 0) is 36.2 Å². The number of benzene rings is 2. The zero-order valence-corrected chi connectivity index (χ0v) is 20.4. The van der Waals surface area contributed by atoms with Crippen molar-refractivity contribution in [3.05, 3.63) is 60.2 Å². The maximum Gasteiger partial charge on any atom is 0.191 e. The van der Waals surface area contributed by atoms with Crippen molar-refractivity contribution in [2.24, 2.45) is 5.41 Å². The number of nitrogens with one attached hydrogen (secondary N) is 1. The third-order valence-corrected chi connectivity index (χ3v) is 7.35. The number of nitrogens with two attached hydrogens (primary N) is 1. The van der Waals surface area contributed by atoms with E-state index in [0.29, 0.717) is 40.5 Å². The molecule has 0 saturated carbocycles. The van der Waals surface area contributed by atoms with E-state index in [4.69, 9.17) is 10.5 Å². The highest BCUT2D eigenvalue weighted by atomic mass is 32.2. The fourth-order valence-electron chi connectivity index (χ4n) is 3.26. The van der Waals surface area contributed by atoms with E-state index in [0.717, 1.165) is 21.8 Å². The number of para-hydroxylation sites is 1. The van der Waals surface area contributed by atoms with Gasteiger partial charge in [0.25, 0.3) is 0 Å². The molecule has 0 bridgehead atoms. The van der Waals surface area contributed by atoms with Crippen molar-refractivity contribution in [2.75, 3.05) is 30.8 Å². The molecule has 0 aliphatic carbocycles. The van der Waals surface area contributed by atoms with E-state index < -0.39 is 5.41 Å². The molecule has 2 heterocycles. The summed E-state index contributed by atoms with van der Waals surface area (Å²) in [5.74, 6) is 2.79. The van der Waals surface area contributed by atoms with Crippen LogP contribution in [0, 0.1) is 5.41 Å². The van der Waals surface area contributed by atoms with Gasteiger partial charge < -0.3 is 26.0 Å². The number of thioether (sulfide) groups is 1. The van der Waals surface area contributed by atoms with Crippen LogP contribution in [0.4, 0.5) is 10.9 Å². The molecule has 0 aliphatic rings. The number of anilines is 2. The number of nitrogen functional groups attached to an aromatic ring is 1. The lowest BCUT2D eigenvalue weighted by molar-refractivity contribution is 0.0619. The minimum absolute atomic E-state index is 0.130. The van der Waals surface area contributed by atoms with Gasteiger partial charge in [0.2, 0.25) is 0 Å². The predicted octanol–water partition coefficient (Wildman–Crippen LogP) is 4.55. The van der Waals surface area contributed by atoms with Gasteiger partial charge >= 0.3 is 0 Å². The second kappa shape index (κ2) is 11.0. The molecule has 4 aromatic rings. The summed E-state index contributed by atoms with van der Waals surface area (Å²) < 4.78 is 6.68. The van der Waals surface area contributed by atoms with Crippen molar-refractivity contribution in [3.8, 4) is 11.5 Å². The molecule has 10 heteroatoms. The topological polar surface area (TPSA) is 126 Å². The van der Waals surface area contributed by atoms with E-state index in [2.05, 4.69) is 20.3 Å². The molecule has 0 aliphatic heterocycles. The van der Waals surface area contributed by atoms with Crippen molar-refractivity contribution in [3.63, 3.8) is 0 Å². The number of aliphatic hydroxyl groups is 2. The molecule has 0 radical (unpaired) electrons. The van der Waals surface area contributed by atoms with E-state index in [1.165, 1.54) is 23.1 Å². The molecule has 0 saturated heterocycles. The third kappa shape index (κ3) is 5.76.